The largest absolute Gasteiger partial charge is 0.453 e. The van der Waals surface area contributed by atoms with Crippen LogP contribution in [0.4, 0.5) is 5.69 Å². The maximum absolute atomic E-state index is 11.7. The summed E-state index contributed by atoms with van der Waals surface area (Å²) >= 11 is 0. The zero-order chi connectivity index (χ0) is 21.8. The highest BCUT2D eigenvalue weighted by molar-refractivity contribution is 6.67. The lowest BCUT2D eigenvalue weighted by molar-refractivity contribution is -0.134. The van der Waals surface area contributed by atoms with Gasteiger partial charge in [-0.3, -0.25) is 4.79 Å². The van der Waals surface area contributed by atoms with Crippen molar-refractivity contribution in [2.24, 2.45) is 0 Å². The highest BCUT2D eigenvalue weighted by atomic mass is 16.5. The van der Waals surface area contributed by atoms with Crippen LogP contribution in [0.5, 0.6) is 28.9 Å². The van der Waals surface area contributed by atoms with Gasteiger partial charge in [0.15, 0.2) is 11.5 Å². The average molecular weight is 414 g/mol. The highest BCUT2D eigenvalue weighted by Gasteiger charge is 2.23. The second kappa shape index (κ2) is 8.90. The Morgan fingerprint density at radius 1 is 1.13 bits per heavy atom. The van der Waals surface area contributed by atoms with Gasteiger partial charge >= 0.3 is 12.9 Å². The molecule has 8 heteroatoms. The maximum atomic E-state index is 11.7. The molecule has 0 fully saturated rings. The van der Waals surface area contributed by atoms with E-state index in [9.17, 15) is 4.79 Å². The summed E-state index contributed by atoms with van der Waals surface area (Å²) in [5.74, 6) is 1.66. The van der Waals surface area contributed by atoms with Gasteiger partial charge in [-0.2, -0.15) is 0 Å². The molecule has 0 amide bonds. The van der Waals surface area contributed by atoms with Gasteiger partial charge in [-0.15, -0.1) is 0 Å². The lowest BCUT2D eigenvalue weighted by Gasteiger charge is -2.14. The number of rotatable bonds is 6. The summed E-state index contributed by atoms with van der Waals surface area (Å²) in [6.07, 6.45) is 1.68. The van der Waals surface area contributed by atoms with Gasteiger partial charge in [-0.05, 0) is 47.4 Å². The third-order valence-corrected chi connectivity index (χ3v) is 4.77. The van der Waals surface area contributed by atoms with Crippen molar-refractivity contribution < 1.29 is 23.7 Å². The predicted octanol–water partition coefficient (Wildman–Crippen LogP) is 4.89. The summed E-state index contributed by atoms with van der Waals surface area (Å²) in [6.45, 7) is 11.4. The van der Waals surface area contributed by atoms with Gasteiger partial charge in [-0.25, -0.2) is 9.83 Å². The van der Waals surface area contributed by atoms with Crippen molar-refractivity contribution in [3.05, 3.63) is 71.7 Å². The predicted molar refractivity (Wildman–Crippen MR) is 115 cm³/mol. The molecule has 0 bridgehead atoms. The standard InChI is InChI=1S/C23H19BN2O5/c1-4-23(27)30-18-7-9-20(21(12-18)31-22-10-5-16(25-3)13-26-22)29-17-6-8-19-15(11-17)14-28-24(19)2/h5-13H,4,14H2,1-2H3. The molecule has 31 heavy (non-hydrogen) atoms. The minimum atomic E-state index is -0.355. The van der Waals surface area contributed by atoms with Crippen LogP contribution in [0.3, 0.4) is 0 Å². The summed E-state index contributed by atoms with van der Waals surface area (Å²) in [5.41, 5.74) is 2.64. The fraction of sp³-hybridized carbons (Fsp3) is 0.174. The highest BCUT2D eigenvalue weighted by Crippen LogP contribution is 2.38. The van der Waals surface area contributed by atoms with E-state index in [1.807, 2.05) is 25.0 Å². The summed E-state index contributed by atoms with van der Waals surface area (Å²) in [4.78, 5) is 19.1. The van der Waals surface area contributed by atoms with E-state index in [-0.39, 0.29) is 25.2 Å². The quantitative estimate of drug-likeness (QED) is 0.248. The number of benzene rings is 2. The molecule has 1 aromatic heterocycles. The summed E-state index contributed by atoms with van der Waals surface area (Å²) in [6, 6.07) is 13.9. The van der Waals surface area contributed by atoms with Crippen LogP contribution in [0.1, 0.15) is 18.9 Å². The van der Waals surface area contributed by atoms with E-state index in [1.165, 1.54) is 6.20 Å². The van der Waals surface area contributed by atoms with Gasteiger partial charge in [0.1, 0.15) is 11.5 Å². The zero-order valence-electron chi connectivity index (χ0n) is 17.1. The molecule has 3 aromatic rings. The number of carbonyl (C=O) groups excluding carboxylic acids is 1. The molecule has 2 aromatic carbocycles. The van der Waals surface area contributed by atoms with Crippen LogP contribution >= 0.6 is 0 Å². The van der Waals surface area contributed by atoms with Gasteiger partial charge in [0, 0.05) is 18.7 Å². The van der Waals surface area contributed by atoms with Gasteiger partial charge < -0.3 is 18.9 Å². The van der Waals surface area contributed by atoms with Crippen molar-refractivity contribution in [3.63, 3.8) is 0 Å². The first kappa shape index (κ1) is 20.4. The normalized spacial score (nSPS) is 12.1. The number of hydrogen-bond donors (Lipinski definition) is 0. The van der Waals surface area contributed by atoms with E-state index in [0.717, 1.165) is 11.0 Å². The van der Waals surface area contributed by atoms with E-state index >= 15 is 0 Å². The number of esters is 1. The number of pyridine rings is 1. The Morgan fingerprint density at radius 2 is 1.97 bits per heavy atom. The summed E-state index contributed by atoms with van der Waals surface area (Å²) in [5, 5.41) is 0. The molecule has 0 atom stereocenters. The van der Waals surface area contributed by atoms with Crippen LogP contribution in [0.25, 0.3) is 4.85 Å². The summed E-state index contributed by atoms with van der Waals surface area (Å²) < 4.78 is 22.9. The number of fused-ring (bicyclic) bond motifs is 1. The molecule has 4 rings (SSSR count). The Balaban J connectivity index is 1.63. The van der Waals surface area contributed by atoms with Crippen LogP contribution in [-0.2, 0) is 16.1 Å². The molecular weight excluding hydrogens is 395 g/mol. The first-order valence-electron chi connectivity index (χ1n) is 9.84. The van der Waals surface area contributed by atoms with Gasteiger partial charge in [-0.1, -0.05) is 19.8 Å². The minimum absolute atomic E-state index is 0.0694. The molecule has 154 valence electrons. The topological polar surface area (TPSA) is 71.2 Å². The summed E-state index contributed by atoms with van der Waals surface area (Å²) in [7, 11) is 0. The Hall–Kier alpha value is -3.83. The Labute approximate surface area is 180 Å². The third kappa shape index (κ3) is 4.68. The molecule has 0 spiro atoms. The van der Waals surface area contributed by atoms with Gasteiger partial charge in [0.2, 0.25) is 11.6 Å². The number of hydrogen-bond acceptors (Lipinski definition) is 6. The fourth-order valence-electron chi connectivity index (χ4n) is 3.13. The fourth-order valence-corrected chi connectivity index (χ4v) is 3.13. The van der Waals surface area contributed by atoms with Gasteiger partial charge in [0.05, 0.1) is 13.2 Å². The second-order valence-electron chi connectivity index (χ2n) is 6.92. The molecule has 1 aliphatic heterocycles. The first-order chi connectivity index (χ1) is 15.1. The van der Waals surface area contributed by atoms with E-state index in [4.69, 9.17) is 25.4 Å². The van der Waals surface area contributed by atoms with E-state index < -0.39 is 0 Å². The Morgan fingerprint density at radius 3 is 2.71 bits per heavy atom. The van der Waals surface area contributed by atoms with Crippen molar-refractivity contribution in [1.29, 1.82) is 0 Å². The average Bonchev–Trinajstić information content (AvgIpc) is 3.16. The van der Waals surface area contributed by atoms with E-state index in [0.29, 0.717) is 35.3 Å². The Bertz CT molecular complexity index is 1160. The molecule has 0 unspecified atom stereocenters. The van der Waals surface area contributed by atoms with Crippen molar-refractivity contribution in [1.82, 2.24) is 4.98 Å². The monoisotopic (exact) mass is 414 g/mol. The molecule has 0 saturated heterocycles. The second-order valence-corrected chi connectivity index (χ2v) is 6.92. The molecule has 0 saturated carbocycles. The number of carbonyl (C=O) groups is 1. The molecular formula is C23H19BN2O5. The van der Waals surface area contributed by atoms with E-state index in [1.54, 1.807) is 37.3 Å². The molecule has 1 aliphatic rings. The number of nitrogens with zero attached hydrogens (tertiary/aromatic N) is 2. The van der Waals surface area contributed by atoms with Gasteiger partial charge in [0.25, 0.3) is 0 Å². The molecule has 0 aliphatic carbocycles. The zero-order valence-corrected chi connectivity index (χ0v) is 17.1. The van der Waals surface area contributed by atoms with Crippen molar-refractivity contribution in [2.45, 2.75) is 26.8 Å². The van der Waals surface area contributed by atoms with Crippen LogP contribution < -0.4 is 19.7 Å². The van der Waals surface area contributed by atoms with Crippen molar-refractivity contribution in [3.8, 4) is 28.9 Å². The molecule has 2 heterocycles. The van der Waals surface area contributed by atoms with Crippen molar-refractivity contribution in [2.75, 3.05) is 0 Å². The molecule has 0 N–H and O–H groups in total. The molecule has 0 radical (unpaired) electrons. The van der Waals surface area contributed by atoms with Crippen molar-refractivity contribution >= 4 is 24.0 Å². The number of aromatic nitrogens is 1. The number of ether oxygens (including phenoxy) is 3. The smallest absolute Gasteiger partial charge is 0.324 e. The molecule has 7 nitrogen and oxygen atoms in total. The SMILES string of the molecule is [C-]#[N+]c1ccc(Oc2cc(OC(=O)CC)ccc2Oc2ccc3c(c2)COB3C)nc1. The lowest BCUT2D eigenvalue weighted by atomic mass is 9.64. The maximum Gasteiger partial charge on any atom is 0.324 e. The van der Waals surface area contributed by atoms with Crippen LogP contribution in [0.15, 0.2) is 54.7 Å². The minimum Gasteiger partial charge on any atom is -0.453 e. The van der Waals surface area contributed by atoms with Crippen LogP contribution in [0.2, 0.25) is 6.82 Å². The lowest BCUT2D eigenvalue weighted by Crippen LogP contribution is -2.23. The van der Waals surface area contributed by atoms with Crippen LogP contribution in [-0.4, -0.2) is 17.9 Å². The first-order valence-corrected chi connectivity index (χ1v) is 9.84. The Kier molecular flexibility index (Phi) is 5.87. The van der Waals surface area contributed by atoms with E-state index in [2.05, 4.69) is 9.83 Å². The van der Waals surface area contributed by atoms with Crippen LogP contribution in [0, 0.1) is 6.57 Å². The third-order valence-electron chi connectivity index (χ3n) is 4.77.